The van der Waals surface area contributed by atoms with Gasteiger partial charge in [0.15, 0.2) is 0 Å². The lowest BCUT2D eigenvalue weighted by molar-refractivity contribution is -0.117. The van der Waals surface area contributed by atoms with Crippen molar-refractivity contribution in [3.8, 4) is 0 Å². The van der Waals surface area contributed by atoms with Crippen LogP contribution in [0.3, 0.4) is 0 Å². The molecule has 0 aliphatic carbocycles. The maximum Gasteiger partial charge on any atom is 0.129 e. The molecule has 0 fully saturated rings. The van der Waals surface area contributed by atoms with Gasteiger partial charge in [0.25, 0.3) is 0 Å². The van der Waals surface area contributed by atoms with Gasteiger partial charge in [-0.15, -0.1) is 0 Å². The first kappa shape index (κ1) is 17.4. The van der Waals surface area contributed by atoms with E-state index in [1.807, 2.05) is 0 Å². The molecule has 0 N–H and O–H groups in total. The molecule has 18 heavy (non-hydrogen) atoms. The fourth-order valence-corrected chi connectivity index (χ4v) is 2.09. The summed E-state index contributed by atoms with van der Waals surface area (Å²) in [7, 11) is 0. The van der Waals surface area contributed by atoms with Crippen LogP contribution in [0.4, 0.5) is 0 Å². The minimum Gasteiger partial charge on any atom is -0.300 e. The van der Waals surface area contributed by atoms with Gasteiger partial charge in [-0.2, -0.15) is 0 Å². The quantitative estimate of drug-likeness (QED) is 0.297. The number of unbranched alkanes of at least 4 members (excludes halogenated alkanes) is 9. The number of allylic oxidation sites excluding steroid dienone is 2. The zero-order valence-corrected chi connectivity index (χ0v) is 12.5. The van der Waals surface area contributed by atoms with E-state index in [9.17, 15) is 4.79 Å². The molecule has 1 heteroatoms. The summed E-state index contributed by atoms with van der Waals surface area (Å²) in [6.07, 6.45) is 19.7. The molecule has 0 atom stereocenters. The molecule has 0 saturated carbocycles. The van der Waals surface area contributed by atoms with Gasteiger partial charge in [-0.05, 0) is 39.0 Å². The van der Waals surface area contributed by atoms with Crippen LogP contribution in [0, 0.1) is 0 Å². The fraction of sp³-hybridized carbons (Fsp3) is 0.824. The molecule has 0 saturated heterocycles. The zero-order valence-electron chi connectivity index (χ0n) is 12.5. The number of ketones is 1. The van der Waals surface area contributed by atoms with Gasteiger partial charge in [-0.3, -0.25) is 0 Å². The lowest BCUT2D eigenvalue weighted by Crippen LogP contribution is -1.88. The van der Waals surface area contributed by atoms with Gasteiger partial charge in [-0.1, -0.05) is 57.6 Å². The third-order valence-corrected chi connectivity index (χ3v) is 3.29. The molecule has 106 valence electrons. The van der Waals surface area contributed by atoms with Crippen LogP contribution in [0.2, 0.25) is 0 Å². The Labute approximate surface area is 114 Å². The van der Waals surface area contributed by atoms with E-state index < -0.39 is 0 Å². The van der Waals surface area contributed by atoms with Gasteiger partial charge < -0.3 is 4.79 Å². The zero-order chi connectivity index (χ0) is 13.5. The number of hydrogen-bond acceptors (Lipinski definition) is 1. The highest BCUT2D eigenvalue weighted by atomic mass is 16.1. The summed E-state index contributed by atoms with van der Waals surface area (Å²) < 4.78 is 0. The predicted octanol–water partition coefficient (Wildman–Crippen LogP) is 5.83. The van der Waals surface area contributed by atoms with Crippen molar-refractivity contribution in [2.75, 3.05) is 0 Å². The maximum atomic E-state index is 10.7. The third kappa shape index (κ3) is 15.4. The Morgan fingerprint density at radius 3 is 1.83 bits per heavy atom. The molecule has 0 rings (SSSR count). The Kier molecular flexibility index (Phi) is 14.0. The highest BCUT2D eigenvalue weighted by molar-refractivity contribution is 5.75. The van der Waals surface area contributed by atoms with E-state index in [1.165, 1.54) is 51.4 Å². The van der Waals surface area contributed by atoms with E-state index in [4.69, 9.17) is 0 Å². The van der Waals surface area contributed by atoms with E-state index in [0.29, 0.717) is 5.78 Å². The van der Waals surface area contributed by atoms with Gasteiger partial charge >= 0.3 is 0 Å². The smallest absolute Gasteiger partial charge is 0.129 e. The lowest BCUT2D eigenvalue weighted by atomic mass is 10.1. The largest absolute Gasteiger partial charge is 0.300 e. The molecule has 0 bridgehead atoms. The number of carbonyl (C=O) groups is 1. The van der Waals surface area contributed by atoms with E-state index in [0.717, 1.165) is 25.7 Å². The SMILES string of the molecule is CCCCCCCCC/C=C\CCCCC(C)=O. The molecule has 0 aromatic carbocycles. The number of rotatable bonds is 13. The molecule has 0 aromatic rings. The normalized spacial score (nSPS) is 11.2. The van der Waals surface area contributed by atoms with Crippen molar-refractivity contribution in [1.29, 1.82) is 0 Å². The van der Waals surface area contributed by atoms with E-state index in [1.54, 1.807) is 6.92 Å². The minimum atomic E-state index is 0.321. The number of carbonyl (C=O) groups excluding carboxylic acids is 1. The molecular weight excluding hydrogens is 220 g/mol. The van der Waals surface area contributed by atoms with Gasteiger partial charge in [0, 0.05) is 6.42 Å². The first-order valence-electron chi connectivity index (χ1n) is 7.91. The van der Waals surface area contributed by atoms with Crippen molar-refractivity contribution >= 4 is 5.78 Å². The Morgan fingerprint density at radius 1 is 0.778 bits per heavy atom. The monoisotopic (exact) mass is 252 g/mol. The topological polar surface area (TPSA) is 17.1 Å². The lowest BCUT2D eigenvalue weighted by Gasteiger charge is -1.99. The van der Waals surface area contributed by atoms with Gasteiger partial charge in [0.1, 0.15) is 5.78 Å². The first-order chi connectivity index (χ1) is 8.77. The molecule has 0 aliphatic rings. The molecule has 0 aliphatic heterocycles. The standard InChI is InChI=1S/C17H32O/c1-3-4-5-6-7-8-9-10-11-12-13-14-15-16-17(2)18/h11-12H,3-10,13-16H2,1-2H3/b12-11-. The molecule has 1 nitrogen and oxygen atoms in total. The summed E-state index contributed by atoms with van der Waals surface area (Å²) >= 11 is 0. The van der Waals surface area contributed by atoms with E-state index >= 15 is 0 Å². The Hall–Kier alpha value is -0.590. The summed E-state index contributed by atoms with van der Waals surface area (Å²) in [5.74, 6) is 0.321. The van der Waals surface area contributed by atoms with Crippen molar-refractivity contribution < 1.29 is 4.79 Å². The summed E-state index contributed by atoms with van der Waals surface area (Å²) in [5, 5.41) is 0. The van der Waals surface area contributed by atoms with Crippen molar-refractivity contribution in [2.24, 2.45) is 0 Å². The minimum absolute atomic E-state index is 0.321. The van der Waals surface area contributed by atoms with Crippen molar-refractivity contribution in [1.82, 2.24) is 0 Å². The van der Waals surface area contributed by atoms with Crippen LogP contribution >= 0.6 is 0 Å². The second kappa shape index (κ2) is 14.5. The van der Waals surface area contributed by atoms with Crippen molar-refractivity contribution in [2.45, 2.75) is 90.9 Å². The third-order valence-electron chi connectivity index (χ3n) is 3.29. The predicted molar refractivity (Wildman–Crippen MR) is 80.9 cm³/mol. The number of hydrogen-bond donors (Lipinski definition) is 0. The Bertz CT molecular complexity index is 206. The molecule has 0 spiro atoms. The average molecular weight is 252 g/mol. The Morgan fingerprint density at radius 2 is 1.28 bits per heavy atom. The second-order valence-corrected chi connectivity index (χ2v) is 5.33. The summed E-state index contributed by atoms with van der Waals surface area (Å²) in [5.41, 5.74) is 0. The highest BCUT2D eigenvalue weighted by Crippen LogP contribution is 2.09. The van der Waals surface area contributed by atoms with Gasteiger partial charge in [-0.25, -0.2) is 0 Å². The fourth-order valence-electron chi connectivity index (χ4n) is 2.09. The van der Waals surface area contributed by atoms with Crippen LogP contribution in [0.1, 0.15) is 90.9 Å². The molecule has 0 amide bonds. The van der Waals surface area contributed by atoms with Crippen LogP contribution in [-0.2, 0) is 4.79 Å². The van der Waals surface area contributed by atoms with Gasteiger partial charge in [0.05, 0.1) is 0 Å². The van der Waals surface area contributed by atoms with E-state index in [2.05, 4.69) is 19.1 Å². The summed E-state index contributed by atoms with van der Waals surface area (Å²) in [6.45, 7) is 3.94. The highest BCUT2D eigenvalue weighted by Gasteiger charge is 1.92. The summed E-state index contributed by atoms with van der Waals surface area (Å²) in [4.78, 5) is 10.7. The molecule has 0 aromatic heterocycles. The van der Waals surface area contributed by atoms with Crippen LogP contribution in [0.5, 0.6) is 0 Å². The van der Waals surface area contributed by atoms with Crippen molar-refractivity contribution in [3.05, 3.63) is 12.2 Å². The molecule has 0 radical (unpaired) electrons. The van der Waals surface area contributed by atoms with Crippen LogP contribution in [-0.4, -0.2) is 5.78 Å². The Balaban J connectivity index is 3.06. The number of Topliss-reactive ketones (excluding diaryl/α,β-unsaturated/α-hetero) is 1. The van der Waals surface area contributed by atoms with Crippen LogP contribution in [0.25, 0.3) is 0 Å². The first-order valence-corrected chi connectivity index (χ1v) is 7.91. The van der Waals surface area contributed by atoms with Crippen LogP contribution < -0.4 is 0 Å². The molecule has 0 unspecified atom stereocenters. The molecular formula is C17H32O. The van der Waals surface area contributed by atoms with Crippen molar-refractivity contribution in [3.63, 3.8) is 0 Å². The summed E-state index contributed by atoms with van der Waals surface area (Å²) in [6, 6.07) is 0. The molecule has 0 heterocycles. The maximum absolute atomic E-state index is 10.7. The van der Waals surface area contributed by atoms with Gasteiger partial charge in [0.2, 0.25) is 0 Å². The second-order valence-electron chi connectivity index (χ2n) is 5.33. The average Bonchev–Trinajstić information content (AvgIpc) is 2.34. The van der Waals surface area contributed by atoms with E-state index in [-0.39, 0.29) is 0 Å². The van der Waals surface area contributed by atoms with Crippen LogP contribution in [0.15, 0.2) is 12.2 Å².